The van der Waals surface area contributed by atoms with Gasteiger partial charge in [0.2, 0.25) is 0 Å². The number of benzene rings is 3. The van der Waals surface area contributed by atoms with E-state index in [4.69, 9.17) is 18.9 Å². The van der Waals surface area contributed by atoms with Crippen molar-refractivity contribution in [3.63, 3.8) is 0 Å². The lowest BCUT2D eigenvalue weighted by atomic mass is 10.0. The number of alkyl halides is 1. The lowest BCUT2D eigenvalue weighted by molar-refractivity contribution is -0.133. The first kappa shape index (κ1) is 22.4. The third-order valence-electron chi connectivity index (χ3n) is 4.57. The fraction of sp³-hybridized carbons (Fsp3) is 0.160. The van der Waals surface area contributed by atoms with Crippen LogP contribution in [-0.4, -0.2) is 27.3 Å². The highest BCUT2D eigenvalue weighted by molar-refractivity contribution is 9.08. The molecule has 31 heavy (non-hydrogen) atoms. The summed E-state index contributed by atoms with van der Waals surface area (Å²) < 4.78 is 21.5. The fourth-order valence-electron chi connectivity index (χ4n) is 2.93. The number of methoxy groups -OCH3 is 3. The van der Waals surface area contributed by atoms with Crippen LogP contribution in [0.2, 0.25) is 0 Å². The molecule has 0 spiro atoms. The van der Waals surface area contributed by atoms with Gasteiger partial charge in [0, 0.05) is 11.4 Å². The van der Waals surface area contributed by atoms with Crippen molar-refractivity contribution < 1.29 is 23.7 Å². The Morgan fingerprint density at radius 2 is 1.35 bits per heavy atom. The second kappa shape index (κ2) is 10.7. The van der Waals surface area contributed by atoms with E-state index in [1.807, 2.05) is 60.7 Å². The summed E-state index contributed by atoms with van der Waals surface area (Å²) in [6, 6.07) is 20.5. The average molecular weight is 483 g/mol. The van der Waals surface area contributed by atoms with Gasteiger partial charge in [-0.3, -0.25) is 0 Å². The molecule has 0 atom stereocenters. The Hall–Kier alpha value is -3.25. The summed E-state index contributed by atoms with van der Waals surface area (Å²) in [7, 11) is 4.52. The maximum atomic E-state index is 12.5. The molecule has 0 aromatic heterocycles. The van der Waals surface area contributed by atoms with Gasteiger partial charge < -0.3 is 18.9 Å². The lowest BCUT2D eigenvalue weighted by Gasteiger charge is -2.10. The molecule has 0 saturated carbocycles. The van der Waals surface area contributed by atoms with Gasteiger partial charge in [0.15, 0.2) is 0 Å². The normalized spacial score (nSPS) is 11.0. The predicted molar refractivity (Wildman–Crippen MR) is 125 cm³/mol. The molecule has 0 N–H and O–H groups in total. The van der Waals surface area contributed by atoms with Gasteiger partial charge in [-0.05, 0) is 59.2 Å². The average Bonchev–Trinajstić information content (AvgIpc) is 2.82. The van der Waals surface area contributed by atoms with Crippen molar-refractivity contribution >= 4 is 33.5 Å². The number of ether oxygens (including phenoxy) is 4. The molecule has 3 rings (SSSR count). The first-order valence-corrected chi connectivity index (χ1v) is 10.6. The van der Waals surface area contributed by atoms with E-state index in [1.165, 1.54) is 12.7 Å². The van der Waals surface area contributed by atoms with E-state index in [0.29, 0.717) is 28.4 Å². The molecule has 6 heteroatoms. The lowest BCUT2D eigenvalue weighted by Crippen LogP contribution is -2.04. The van der Waals surface area contributed by atoms with Crippen LogP contribution >= 0.6 is 15.9 Å². The van der Waals surface area contributed by atoms with Crippen molar-refractivity contribution in [3.05, 3.63) is 83.4 Å². The zero-order chi connectivity index (χ0) is 22.2. The molecule has 0 aliphatic heterocycles. The van der Waals surface area contributed by atoms with E-state index in [1.54, 1.807) is 26.4 Å². The van der Waals surface area contributed by atoms with Gasteiger partial charge >= 0.3 is 5.97 Å². The van der Waals surface area contributed by atoms with Crippen LogP contribution < -0.4 is 14.2 Å². The molecule has 0 saturated heterocycles. The summed E-state index contributed by atoms with van der Waals surface area (Å²) >= 11 is 3.43. The standard InChI is InChI=1S/C25H23BrO5/c1-28-22-12-18(13-23(15-22)29-2)14-24(25(27)30-3)19-6-10-21(11-7-19)31-20-8-4-17(16-26)5-9-20/h4-15H,16H2,1-3H3/b24-14+. The second-order valence-corrected chi connectivity index (χ2v) is 7.16. The minimum atomic E-state index is -0.444. The summed E-state index contributed by atoms with van der Waals surface area (Å²) in [5.74, 6) is 2.22. The van der Waals surface area contributed by atoms with Crippen molar-refractivity contribution in [3.8, 4) is 23.0 Å². The highest BCUT2D eigenvalue weighted by atomic mass is 79.9. The summed E-state index contributed by atoms with van der Waals surface area (Å²) in [6.07, 6.45) is 1.74. The van der Waals surface area contributed by atoms with Crippen molar-refractivity contribution in [2.24, 2.45) is 0 Å². The number of esters is 1. The zero-order valence-electron chi connectivity index (χ0n) is 17.6. The summed E-state index contributed by atoms with van der Waals surface area (Å²) in [4.78, 5) is 12.5. The van der Waals surface area contributed by atoms with Gasteiger partial charge in [0.25, 0.3) is 0 Å². The molecular formula is C25H23BrO5. The molecule has 5 nitrogen and oxygen atoms in total. The third kappa shape index (κ3) is 5.89. The maximum absolute atomic E-state index is 12.5. The Morgan fingerprint density at radius 1 is 0.806 bits per heavy atom. The number of hydrogen-bond acceptors (Lipinski definition) is 5. The minimum Gasteiger partial charge on any atom is -0.497 e. The molecule has 0 aliphatic rings. The van der Waals surface area contributed by atoms with Crippen molar-refractivity contribution in [2.45, 2.75) is 5.33 Å². The Labute approximate surface area is 190 Å². The smallest absolute Gasteiger partial charge is 0.338 e. The van der Waals surface area contributed by atoms with Crippen molar-refractivity contribution in [1.29, 1.82) is 0 Å². The first-order valence-electron chi connectivity index (χ1n) is 9.52. The molecule has 0 aliphatic carbocycles. The SMILES string of the molecule is COC(=O)/C(=C/c1cc(OC)cc(OC)c1)c1ccc(Oc2ccc(CBr)cc2)cc1. The number of halogens is 1. The minimum absolute atomic E-state index is 0.408. The van der Waals surface area contributed by atoms with E-state index >= 15 is 0 Å². The molecule has 0 bridgehead atoms. The van der Waals surface area contributed by atoms with Gasteiger partial charge in [-0.2, -0.15) is 0 Å². The topological polar surface area (TPSA) is 54.0 Å². The van der Waals surface area contributed by atoms with Crippen molar-refractivity contribution in [2.75, 3.05) is 21.3 Å². The molecule has 160 valence electrons. The van der Waals surface area contributed by atoms with Gasteiger partial charge in [-0.1, -0.05) is 40.2 Å². The van der Waals surface area contributed by atoms with Crippen LogP contribution in [0.25, 0.3) is 11.6 Å². The summed E-state index contributed by atoms with van der Waals surface area (Å²) in [5, 5.41) is 0.795. The Morgan fingerprint density at radius 3 is 1.84 bits per heavy atom. The third-order valence-corrected chi connectivity index (χ3v) is 5.22. The second-order valence-electron chi connectivity index (χ2n) is 6.60. The number of rotatable bonds is 8. The van der Waals surface area contributed by atoms with E-state index in [2.05, 4.69) is 15.9 Å². The van der Waals surface area contributed by atoms with Gasteiger partial charge in [0.05, 0.1) is 26.9 Å². The molecule has 0 unspecified atom stereocenters. The van der Waals surface area contributed by atoms with Crippen LogP contribution in [0.5, 0.6) is 23.0 Å². The van der Waals surface area contributed by atoms with Crippen LogP contribution in [0.4, 0.5) is 0 Å². The van der Waals surface area contributed by atoms with E-state index in [-0.39, 0.29) is 0 Å². The zero-order valence-corrected chi connectivity index (χ0v) is 19.1. The Bertz CT molecular complexity index is 1030. The molecule has 0 radical (unpaired) electrons. The van der Waals surface area contributed by atoms with Gasteiger partial charge in [0.1, 0.15) is 23.0 Å². The summed E-state index contributed by atoms with van der Waals surface area (Å²) in [6.45, 7) is 0. The van der Waals surface area contributed by atoms with Gasteiger partial charge in [-0.25, -0.2) is 4.79 Å². The number of hydrogen-bond donors (Lipinski definition) is 0. The summed E-state index contributed by atoms with van der Waals surface area (Å²) in [5.41, 5.74) is 3.04. The molecule has 3 aromatic carbocycles. The first-order chi connectivity index (χ1) is 15.1. The van der Waals surface area contributed by atoms with E-state index < -0.39 is 5.97 Å². The largest absolute Gasteiger partial charge is 0.497 e. The Balaban J connectivity index is 1.89. The molecule has 0 fully saturated rings. The van der Waals surface area contributed by atoms with Crippen LogP contribution in [0.1, 0.15) is 16.7 Å². The monoisotopic (exact) mass is 482 g/mol. The predicted octanol–water partition coefficient (Wildman–Crippen LogP) is 6.10. The number of carbonyl (C=O) groups excluding carboxylic acids is 1. The number of carbonyl (C=O) groups is 1. The Kier molecular flexibility index (Phi) is 7.73. The van der Waals surface area contributed by atoms with Crippen LogP contribution in [-0.2, 0) is 14.9 Å². The highest BCUT2D eigenvalue weighted by Crippen LogP contribution is 2.29. The molecule has 3 aromatic rings. The quantitative estimate of drug-likeness (QED) is 0.168. The van der Waals surface area contributed by atoms with E-state index in [9.17, 15) is 4.79 Å². The molecular weight excluding hydrogens is 460 g/mol. The highest BCUT2D eigenvalue weighted by Gasteiger charge is 2.14. The van der Waals surface area contributed by atoms with E-state index in [0.717, 1.165) is 16.6 Å². The van der Waals surface area contributed by atoms with Crippen LogP contribution in [0.3, 0.4) is 0 Å². The molecule has 0 heterocycles. The van der Waals surface area contributed by atoms with Crippen LogP contribution in [0.15, 0.2) is 66.7 Å². The fourth-order valence-corrected chi connectivity index (χ4v) is 3.31. The van der Waals surface area contributed by atoms with Crippen LogP contribution in [0, 0.1) is 0 Å². The maximum Gasteiger partial charge on any atom is 0.338 e. The molecule has 0 amide bonds. The van der Waals surface area contributed by atoms with Gasteiger partial charge in [-0.15, -0.1) is 0 Å². The van der Waals surface area contributed by atoms with Crippen molar-refractivity contribution in [1.82, 2.24) is 0 Å².